The summed E-state index contributed by atoms with van der Waals surface area (Å²) < 4.78 is 5.48. The van der Waals surface area contributed by atoms with Crippen LogP contribution in [-0.4, -0.2) is 24.5 Å². The van der Waals surface area contributed by atoms with Gasteiger partial charge in [-0.05, 0) is 30.5 Å². The predicted molar refractivity (Wildman–Crippen MR) is 103 cm³/mol. The van der Waals surface area contributed by atoms with Crippen LogP contribution in [-0.2, 0) is 5.41 Å². The fourth-order valence-corrected chi connectivity index (χ4v) is 3.57. The monoisotopic (exact) mass is 337 g/mol. The van der Waals surface area contributed by atoms with Gasteiger partial charge in [-0.2, -0.15) is 0 Å². The van der Waals surface area contributed by atoms with Crippen molar-refractivity contribution in [1.29, 1.82) is 0 Å². The SMILES string of the molecule is COc1cc(C=NC2CCCC2)c(O)c(C(C)(C)c2ccccc2)c1. The lowest BCUT2D eigenvalue weighted by Gasteiger charge is -2.28. The molecule has 3 heteroatoms. The average Bonchev–Trinajstić information content (AvgIpc) is 3.15. The van der Waals surface area contributed by atoms with E-state index in [0.29, 0.717) is 6.04 Å². The fraction of sp³-hybridized carbons (Fsp3) is 0.409. The topological polar surface area (TPSA) is 41.8 Å². The van der Waals surface area contributed by atoms with Gasteiger partial charge >= 0.3 is 0 Å². The maximum atomic E-state index is 10.9. The molecular formula is C22H27NO2. The number of aromatic hydroxyl groups is 1. The molecule has 1 N–H and O–H groups in total. The summed E-state index contributed by atoms with van der Waals surface area (Å²) in [7, 11) is 1.66. The summed E-state index contributed by atoms with van der Waals surface area (Å²) in [6.45, 7) is 4.24. The first-order chi connectivity index (χ1) is 12.0. The van der Waals surface area contributed by atoms with E-state index in [9.17, 15) is 5.11 Å². The largest absolute Gasteiger partial charge is 0.507 e. The van der Waals surface area contributed by atoms with Crippen LogP contribution in [0.1, 0.15) is 56.2 Å². The number of hydrogen-bond donors (Lipinski definition) is 1. The highest BCUT2D eigenvalue weighted by molar-refractivity contribution is 5.85. The normalized spacial score (nSPS) is 15.8. The van der Waals surface area contributed by atoms with E-state index in [1.54, 1.807) is 7.11 Å². The summed E-state index contributed by atoms with van der Waals surface area (Å²) in [5.41, 5.74) is 2.39. The fourth-order valence-electron chi connectivity index (χ4n) is 3.57. The van der Waals surface area contributed by atoms with E-state index >= 15 is 0 Å². The van der Waals surface area contributed by atoms with Gasteiger partial charge in [-0.15, -0.1) is 0 Å². The molecule has 0 saturated heterocycles. The minimum atomic E-state index is -0.337. The summed E-state index contributed by atoms with van der Waals surface area (Å²) in [4.78, 5) is 4.69. The highest BCUT2D eigenvalue weighted by atomic mass is 16.5. The van der Waals surface area contributed by atoms with Gasteiger partial charge in [0.1, 0.15) is 11.5 Å². The van der Waals surface area contributed by atoms with E-state index in [1.807, 2.05) is 36.5 Å². The summed E-state index contributed by atoms with van der Waals surface area (Å²) in [6.07, 6.45) is 6.60. The van der Waals surface area contributed by atoms with E-state index in [2.05, 4.69) is 31.0 Å². The van der Waals surface area contributed by atoms with Gasteiger partial charge in [-0.25, -0.2) is 0 Å². The number of methoxy groups -OCH3 is 1. The molecule has 2 aromatic rings. The van der Waals surface area contributed by atoms with Crippen molar-refractivity contribution in [2.75, 3.05) is 7.11 Å². The lowest BCUT2D eigenvalue weighted by atomic mass is 9.77. The van der Waals surface area contributed by atoms with E-state index in [4.69, 9.17) is 4.74 Å². The Balaban J connectivity index is 2.02. The van der Waals surface area contributed by atoms with Crippen molar-refractivity contribution in [3.63, 3.8) is 0 Å². The molecule has 1 aliphatic rings. The molecule has 1 saturated carbocycles. The maximum absolute atomic E-state index is 10.9. The number of benzene rings is 2. The molecule has 3 nitrogen and oxygen atoms in total. The van der Waals surface area contributed by atoms with Crippen molar-refractivity contribution < 1.29 is 9.84 Å². The van der Waals surface area contributed by atoms with Crippen molar-refractivity contribution in [3.8, 4) is 11.5 Å². The van der Waals surface area contributed by atoms with Crippen LogP contribution in [0.25, 0.3) is 0 Å². The Morgan fingerprint density at radius 2 is 1.80 bits per heavy atom. The van der Waals surface area contributed by atoms with Gasteiger partial charge in [-0.3, -0.25) is 4.99 Å². The summed E-state index contributed by atoms with van der Waals surface area (Å²) in [6, 6.07) is 14.4. The van der Waals surface area contributed by atoms with Crippen LogP contribution in [0, 0.1) is 0 Å². The van der Waals surface area contributed by atoms with Crippen LogP contribution in [0.4, 0.5) is 0 Å². The molecule has 2 aromatic carbocycles. The zero-order chi connectivity index (χ0) is 17.9. The van der Waals surface area contributed by atoms with Gasteiger partial charge in [0.15, 0.2) is 0 Å². The minimum absolute atomic E-state index is 0.288. The van der Waals surface area contributed by atoms with Gasteiger partial charge in [0, 0.05) is 28.8 Å². The smallest absolute Gasteiger partial charge is 0.128 e. The number of aliphatic imine (C=N–C) groups is 1. The second kappa shape index (κ2) is 7.30. The third kappa shape index (κ3) is 3.71. The van der Waals surface area contributed by atoms with Gasteiger partial charge < -0.3 is 9.84 Å². The minimum Gasteiger partial charge on any atom is -0.507 e. The van der Waals surface area contributed by atoms with Crippen molar-refractivity contribution in [2.45, 2.75) is 51.0 Å². The van der Waals surface area contributed by atoms with E-state index in [0.717, 1.165) is 35.3 Å². The molecule has 0 unspecified atom stereocenters. The van der Waals surface area contributed by atoms with Gasteiger partial charge in [-0.1, -0.05) is 57.0 Å². The van der Waals surface area contributed by atoms with Gasteiger partial charge in [0.25, 0.3) is 0 Å². The Kier molecular flexibility index (Phi) is 5.12. The van der Waals surface area contributed by atoms with Crippen LogP contribution < -0.4 is 4.74 Å². The zero-order valence-electron chi connectivity index (χ0n) is 15.3. The lowest BCUT2D eigenvalue weighted by Crippen LogP contribution is -2.19. The molecular weight excluding hydrogens is 310 g/mol. The molecule has 1 fully saturated rings. The zero-order valence-corrected chi connectivity index (χ0v) is 15.3. The molecule has 0 aromatic heterocycles. The van der Waals surface area contributed by atoms with Crippen molar-refractivity contribution in [3.05, 3.63) is 59.2 Å². The highest BCUT2D eigenvalue weighted by Crippen LogP contribution is 2.40. The molecule has 0 spiro atoms. The van der Waals surface area contributed by atoms with Gasteiger partial charge in [0.2, 0.25) is 0 Å². The number of phenolic OH excluding ortho intramolecular Hbond substituents is 1. The number of nitrogens with zero attached hydrogens (tertiary/aromatic N) is 1. The second-order valence-corrected chi connectivity index (χ2v) is 7.32. The number of ether oxygens (including phenoxy) is 1. The average molecular weight is 337 g/mol. The van der Waals surface area contributed by atoms with Crippen LogP contribution in [0.5, 0.6) is 11.5 Å². The third-order valence-electron chi connectivity index (χ3n) is 5.27. The molecule has 0 heterocycles. The van der Waals surface area contributed by atoms with Crippen LogP contribution in [0.3, 0.4) is 0 Å². The molecule has 25 heavy (non-hydrogen) atoms. The summed E-state index contributed by atoms with van der Waals surface area (Å²) in [5.74, 6) is 1.03. The highest BCUT2D eigenvalue weighted by Gasteiger charge is 2.28. The Bertz CT molecular complexity index is 744. The Morgan fingerprint density at radius 1 is 1.12 bits per heavy atom. The van der Waals surface area contributed by atoms with E-state index in [1.165, 1.54) is 12.8 Å². The number of phenols is 1. The van der Waals surface area contributed by atoms with Crippen LogP contribution in [0.2, 0.25) is 0 Å². The quantitative estimate of drug-likeness (QED) is 0.772. The number of hydrogen-bond acceptors (Lipinski definition) is 3. The lowest BCUT2D eigenvalue weighted by molar-refractivity contribution is 0.407. The Hall–Kier alpha value is -2.29. The third-order valence-corrected chi connectivity index (χ3v) is 5.27. The first-order valence-corrected chi connectivity index (χ1v) is 9.02. The second-order valence-electron chi connectivity index (χ2n) is 7.32. The standard InChI is InChI=1S/C22H27NO2/c1-22(2,17-9-5-4-6-10-17)20-14-19(25-3)13-16(21(20)24)15-23-18-11-7-8-12-18/h4-6,9-10,13-15,18,24H,7-8,11-12H2,1-3H3. The first-order valence-electron chi connectivity index (χ1n) is 9.02. The molecule has 3 rings (SSSR count). The summed E-state index contributed by atoms with van der Waals surface area (Å²) >= 11 is 0. The molecule has 132 valence electrons. The molecule has 0 radical (unpaired) electrons. The van der Waals surface area contributed by atoms with E-state index < -0.39 is 0 Å². The van der Waals surface area contributed by atoms with Crippen molar-refractivity contribution in [1.82, 2.24) is 0 Å². The molecule has 0 atom stereocenters. The predicted octanol–water partition coefficient (Wildman–Crippen LogP) is 5.09. The Labute approximate surface area is 150 Å². The molecule has 0 amide bonds. The molecule has 0 bridgehead atoms. The molecule has 1 aliphatic carbocycles. The van der Waals surface area contributed by atoms with Crippen molar-refractivity contribution in [2.24, 2.45) is 4.99 Å². The van der Waals surface area contributed by atoms with Crippen LogP contribution >= 0.6 is 0 Å². The first kappa shape index (κ1) is 17.5. The van der Waals surface area contributed by atoms with E-state index in [-0.39, 0.29) is 11.2 Å². The maximum Gasteiger partial charge on any atom is 0.128 e. The van der Waals surface area contributed by atoms with Crippen LogP contribution in [0.15, 0.2) is 47.5 Å². The Morgan fingerprint density at radius 3 is 2.44 bits per heavy atom. The molecule has 0 aliphatic heterocycles. The van der Waals surface area contributed by atoms with Crippen molar-refractivity contribution >= 4 is 6.21 Å². The van der Waals surface area contributed by atoms with Gasteiger partial charge in [0.05, 0.1) is 7.11 Å². The summed E-state index contributed by atoms with van der Waals surface area (Å²) in [5, 5.41) is 10.9. The number of rotatable bonds is 5.